The largest absolute Gasteiger partial charge is 0.455 e. The lowest BCUT2D eigenvalue weighted by molar-refractivity contribution is -0.368. The number of fused-ring (bicyclic) bond motifs is 4. The van der Waals surface area contributed by atoms with Crippen LogP contribution < -0.4 is 35.2 Å². The molecule has 8 rings (SSSR count). The van der Waals surface area contributed by atoms with E-state index in [0.29, 0.717) is 11.4 Å². The summed E-state index contributed by atoms with van der Waals surface area (Å²) in [7, 11) is -3.74. The summed E-state index contributed by atoms with van der Waals surface area (Å²) in [6.07, 6.45) is 12.6. The third-order valence-corrected chi connectivity index (χ3v) is 12.1. The third kappa shape index (κ3) is 5.00. The highest BCUT2D eigenvalue weighted by atomic mass is 32.2. The molecule has 0 spiro atoms. The van der Waals surface area contributed by atoms with Gasteiger partial charge in [-0.3, -0.25) is 0 Å². The second-order valence-corrected chi connectivity index (χ2v) is 15.2. The Hall–Kier alpha value is -3.20. The van der Waals surface area contributed by atoms with Crippen LogP contribution in [0.3, 0.4) is 0 Å². The van der Waals surface area contributed by atoms with E-state index < -0.39 is 10.0 Å². The minimum atomic E-state index is -3.74. The Kier molecular flexibility index (Phi) is 7.70. The maximum absolute atomic E-state index is 14.0. The van der Waals surface area contributed by atoms with Crippen LogP contribution in [0.4, 0.5) is 5.69 Å². The summed E-state index contributed by atoms with van der Waals surface area (Å²) < 4.78 is 40.8. The molecule has 0 saturated heterocycles. The zero-order valence-electron chi connectivity index (χ0n) is 26.4. The van der Waals surface area contributed by atoms with Crippen LogP contribution in [-0.2, 0) is 35.7 Å². The lowest BCUT2D eigenvalue weighted by Gasteiger charge is -2.39. The lowest BCUT2D eigenvalue weighted by atomic mass is 9.82. The maximum Gasteiger partial charge on any atom is 0.241 e. The van der Waals surface area contributed by atoms with Crippen molar-refractivity contribution in [1.29, 1.82) is 0 Å². The zero-order valence-corrected chi connectivity index (χ0v) is 27.2. The number of quaternary nitrogens is 1. The first-order valence-corrected chi connectivity index (χ1v) is 18.8. The monoisotopic (exact) mass is 626 g/mol. The minimum Gasteiger partial charge on any atom is -0.455 e. The first-order chi connectivity index (χ1) is 22.0. The number of unbranched alkanes of at least 4 members (excludes halogenated alkanes) is 3. The molecule has 45 heavy (non-hydrogen) atoms. The molecular weight excluding hydrogens is 580 g/mol. The van der Waals surface area contributed by atoms with Crippen molar-refractivity contribution in [3.05, 3.63) is 80.4 Å². The Morgan fingerprint density at radius 3 is 2.44 bits per heavy atom. The number of ether oxygens (including phenoxy) is 1. The predicted molar refractivity (Wildman–Crippen MR) is 178 cm³/mol. The number of hydrogen-bond acceptors (Lipinski definition) is 4. The van der Waals surface area contributed by atoms with Crippen molar-refractivity contribution in [2.75, 3.05) is 44.2 Å². The summed E-state index contributed by atoms with van der Waals surface area (Å²) in [5, 5.41) is 2.44. The normalized spacial score (nSPS) is 18.1. The minimum absolute atomic E-state index is 0.359. The van der Waals surface area contributed by atoms with Crippen molar-refractivity contribution in [3.8, 4) is 11.5 Å². The molecule has 0 saturated carbocycles. The number of rotatable bonds is 9. The van der Waals surface area contributed by atoms with Crippen molar-refractivity contribution in [2.45, 2.75) is 81.9 Å². The number of aryl methyl sites for hydroxylation is 2. The molecule has 7 nitrogen and oxygen atoms in total. The Morgan fingerprint density at radius 1 is 0.822 bits per heavy atom. The average molecular weight is 627 g/mol. The smallest absolute Gasteiger partial charge is 0.241 e. The highest BCUT2D eigenvalue weighted by Gasteiger charge is 2.36. The molecule has 5 aliphatic heterocycles. The molecule has 0 fully saturated rings. The number of nitrogens with zero attached hydrogens (tertiary/aromatic N) is 2. The number of sulfonamides is 1. The van der Waals surface area contributed by atoms with E-state index in [1.165, 1.54) is 33.3 Å². The van der Waals surface area contributed by atoms with Gasteiger partial charge in [-0.1, -0.05) is 24.6 Å². The molecule has 4 N–H and O–H groups in total. The van der Waals surface area contributed by atoms with Crippen LogP contribution in [-0.4, -0.2) is 47.7 Å². The Bertz CT molecular complexity index is 1910. The van der Waals surface area contributed by atoms with Gasteiger partial charge in [0.15, 0.2) is 0 Å². The molecule has 0 aliphatic carbocycles. The molecule has 0 unspecified atom stereocenters. The van der Waals surface area contributed by atoms with Gasteiger partial charge in [-0.25, -0.2) is 17.7 Å². The van der Waals surface area contributed by atoms with E-state index in [1.54, 1.807) is 6.07 Å². The molecule has 3 aromatic rings. The van der Waals surface area contributed by atoms with Crippen molar-refractivity contribution in [1.82, 2.24) is 9.30 Å². The summed E-state index contributed by atoms with van der Waals surface area (Å²) >= 11 is 0. The number of nitrogens with one attached hydrogen (secondary N) is 1. The van der Waals surface area contributed by atoms with Crippen molar-refractivity contribution in [2.24, 2.45) is 0 Å². The van der Waals surface area contributed by atoms with Gasteiger partial charge in [-0.05, 0) is 81.5 Å². The Balaban J connectivity index is 1.36. The Labute approximate surface area is 266 Å². The van der Waals surface area contributed by atoms with E-state index in [4.69, 9.17) is 4.74 Å². The predicted octanol–water partition coefficient (Wildman–Crippen LogP) is 3.20. The quantitative estimate of drug-likeness (QED) is 0.221. The summed E-state index contributed by atoms with van der Waals surface area (Å²) in [6.45, 7) is 5.77. The van der Waals surface area contributed by atoms with E-state index in [-0.39, 0.29) is 0 Å². The maximum atomic E-state index is 14.0. The van der Waals surface area contributed by atoms with Crippen LogP contribution in [0.15, 0.2) is 41.3 Å². The SMILES string of the molecule is [NH3+]CCCCCCNS(=O)(=O)c1ccccc1C1=c2cc3c4c(c2Oc2c1cc1c5c2CCCN5CCC1)CCC[N+]=4CCC3. The first-order valence-electron chi connectivity index (χ1n) is 17.4. The zero-order chi connectivity index (χ0) is 30.5. The number of anilines is 1. The van der Waals surface area contributed by atoms with Gasteiger partial charge in [-0.2, -0.15) is 0 Å². The highest BCUT2D eigenvalue weighted by molar-refractivity contribution is 7.89. The van der Waals surface area contributed by atoms with Crippen LogP contribution in [0.1, 0.15) is 84.7 Å². The van der Waals surface area contributed by atoms with Gasteiger partial charge in [0.05, 0.1) is 17.0 Å². The summed E-state index contributed by atoms with van der Waals surface area (Å²) in [6, 6.07) is 12.4. The molecule has 0 radical (unpaired) electrons. The molecule has 0 atom stereocenters. The molecule has 5 heterocycles. The summed E-state index contributed by atoms with van der Waals surface area (Å²) in [5.41, 5.74) is 13.6. The molecule has 236 valence electrons. The van der Waals surface area contributed by atoms with E-state index in [0.717, 1.165) is 143 Å². The van der Waals surface area contributed by atoms with Crippen LogP contribution in [0.5, 0.6) is 11.5 Å². The lowest BCUT2D eigenvalue weighted by Crippen LogP contribution is -2.50. The highest BCUT2D eigenvalue weighted by Crippen LogP contribution is 2.49. The van der Waals surface area contributed by atoms with Crippen LogP contribution in [0.25, 0.3) is 5.57 Å². The molecule has 5 aliphatic rings. The third-order valence-electron chi connectivity index (χ3n) is 10.6. The standard InChI is InChI=1S/C37H45N4O3S/c38-17-5-1-2-6-18-39-45(42,43)32-16-4-3-13-27(32)33-30-23-25-11-7-19-40-21-9-14-28(34(25)40)36(30)44-37-29-15-10-22-41-20-8-12-26(35(29)41)24-31(33)37/h3-4,13,16,23-24,39H,1-2,5-12,14-15,17-22,38H2/q+1/p+1. The van der Waals surface area contributed by atoms with Crippen LogP contribution in [0.2, 0.25) is 0 Å². The van der Waals surface area contributed by atoms with Gasteiger partial charge >= 0.3 is 0 Å². The van der Waals surface area contributed by atoms with Gasteiger partial charge in [-0.15, -0.1) is 0 Å². The second kappa shape index (κ2) is 11.9. The van der Waals surface area contributed by atoms with Gasteiger partial charge in [0.1, 0.15) is 24.6 Å². The van der Waals surface area contributed by atoms with Crippen LogP contribution in [0, 0.1) is 0 Å². The second-order valence-electron chi connectivity index (χ2n) is 13.5. The molecular formula is C37H46N4O3S+2. The van der Waals surface area contributed by atoms with Crippen molar-refractivity contribution in [3.63, 3.8) is 0 Å². The van der Waals surface area contributed by atoms with Gasteiger partial charge in [0, 0.05) is 71.2 Å². The molecule has 0 amide bonds. The molecule has 0 aromatic heterocycles. The fourth-order valence-electron chi connectivity index (χ4n) is 8.65. The fraction of sp³-hybridized carbons (Fsp3) is 0.486. The van der Waals surface area contributed by atoms with Crippen molar-refractivity contribution >= 4 is 21.3 Å². The number of benzene rings is 3. The van der Waals surface area contributed by atoms with Gasteiger partial charge < -0.3 is 15.4 Å². The molecule has 3 aromatic carbocycles. The summed E-state index contributed by atoms with van der Waals surface area (Å²) in [5.74, 6) is 1.91. The Morgan fingerprint density at radius 2 is 1.58 bits per heavy atom. The van der Waals surface area contributed by atoms with E-state index in [1.807, 2.05) is 18.2 Å². The molecule has 0 bridgehead atoms. The summed E-state index contributed by atoms with van der Waals surface area (Å²) in [4.78, 5) is 2.92. The van der Waals surface area contributed by atoms with Crippen molar-refractivity contribution < 1.29 is 18.9 Å². The number of hydrogen-bond donors (Lipinski definition) is 2. The topological polar surface area (TPSA) is 89.3 Å². The van der Waals surface area contributed by atoms with Crippen LogP contribution >= 0.6 is 0 Å². The first kappa shape index (κ1) is 29.2. The van der Waals surface area contributed by atoms with Gasteiger partial charge in [0.2, 0.25) is 15.4 Å². The van der Waals surface area contributed by atoms with E-state index >= 15 is 0 Å². The van der Waals surface area contributed by atoms with Gasteiger partial charge in [0.25, 0.3) is 0 Å². The fourth-order valence-corrected chi connectivity index (χ4v) is 9.94. The molecule has 8 heteroatoms. The van der Waals surface area contributed by atoms with E-state index in [9.17, 15) is 8.42 Å². The van der Waals surface area contributed by atoms with E-state index in [2.05, 4.69) is 32.1 Å². The average Bonchev–Trinajstić information content (AvgIpc) is 3.06.